The molecule has 0 amide bonds. The molecule has 0 spiro atoms. The summed E-state index contributed by atoms with van der Waals surface area (Å²) in [6.45, 7) is 5.21. The number of ether oxygens (including phenoxy) is 1. The van der Waals surface area contributed by atoms with Crippen LogP contribution in [0.25, 0.3) is 0 Å². The van der Waals surface area contributed by atoms with Crippen molar-refractivity contribution in [3.05, 3.63) is 24.3 Å². The standard InChI is InChI=1S/C16H26O2/c1-3-5-6-7-9-14(4-2)13-18-16-11-8-10-15(17)12-16/h8,10-12,14,17H,3-7,9,13H2,1-2H3. The lowest BCUT2D eigenvalue weighted by Crippen LogP contribution is -2.11. The van der Waals surface area contributed by atoms with Gasteiger partial charge >= 0.3 is 0 Å². The fourth-order valence-corrected chi connectivity index (χ4v) is 2.05. The molecule has 1 aromatic rings. The van der Waals surface area contributed by atoms with Gasteiger partial charge in [0, 0.05) is 6.07 Å². The van der Waals surface area contributed by atoms with E-state index < -0.39 is 0 Å². The van der Waals surface area contributed by atoms with Gasteiger partial charge < -0.3 is 9.84 Å². The Labute approximate surface area is 111 Å². The molecule has 0 saturated heterocycles. The maximum atomic E-state index is 9.36. The molecule has 18 heavy (non-hydrogen) atoms. The maximum absolute atomic E-state index is 9.36. The third kappa shape index (κ3) is 5.95. The molecule has 0 aliphatic carbocycles. The first kappa shape index (κ1) is 14.9. The molecule has 0 fully saturated rings. The molecule has 1 rings (SSSR count). The zero-order valence-corrected chi connectivity index (χ0v) is 11.7. The lowest BCUT2D eigenvalue weighted by atomic mass is 9.99. The van der Waals surface area contributed by atoms with Gasteiger partial charge in [-0.1, -0.05) is 52.0 Å². The molecule has 1 atom stereocenters. The second-order valence-electron chi connectivity index (χ2n) is 4.93. The highest BCUT2D eigenvalue weighted by Gasteiger charge is 2.07. The van der Waals surface area contributed by atoms with Crippen LogP contribution in [0.1, 0.15) is 52.4 Å². The Morgan fingerprint density at radius 3 is 2.67 bits per heavy atom. The number of hydrogen-bond acceptors (Lipinski definition) is 2. The smallest absolute Gasteiger partial charge is 0.122 e. The molecule has 0 aliphatic heterocycles. The Morgan fingerprint density at radius 1 is 1.17 bits per heavy atom. The van der Waals surface area contributed by atoms with Crippen molar-refractivity contribution in [1.82, 2.24) is 0 Å². The first-order chi connectivity index (χ1) is 8.76. The minimum absolute atomic E-state index is 0.267. The van der Waals surface area contributed by atoms with E-state index in [1.165, 1.54) is 32.1 Å². The zero-order chi connectivity index (χ0) is 13.2. The van der Waals surface area contributed by atoms with E-state index in [4.69, 9.17) is 4.74 Å². The van der Waals surface area contributed by atoms with Crippen LogP contribution in [0.4, 0.5) is 0 Å². The van der Waals surface area contributed by atoms with Gasteiger partial charge in [0.05, 0.1) is 6.61 Å². The normalized spacial score (nSPS) is 12.3. The molecule has 1 unspecified atom stereocenters. The molecular formula is C16H26O2. The summed E-state index contributed by atoms with van der Waals surface area (Å²) in [5, 5.41) is 9.36. The van der Waals surface area contributed by atoms with Gasteiger partial charge in [0.25, 0.3) is 0 Å². The lowest BCUT2D eigenvalue weighted by Gasteiger charge is -2.16. The molecule has 1 aromatic carbocycles. The van der Waals surface area contributed by atoms with Crippen LogP contribution in [0.2, 0.25) is 0 Å². The molecule has 102 valence electrons. The van der Waals surface area contributed by atoms with E-state index in [0.717, 1.165) is 18.8 Å². The van der Waals surface area contributed by atoms with E-state index >= 15 is 0 Å². The van der Waals surface area contributed by atoms with E-state index in [-0.39, 0.29) is 5.75 Å². The third-order valence-corrected chi connectivity index (χ3v) is 3.35. The van der Waals surface area contributed by atoms with E-state index in [0.29, 0.717) is 5.92 Å². The quantitative estimate of drug-likeness (QED) is 0.640. The van der Waals surface area contributed by atoms with E-state index in [1.807, 2.05) is 12.1 Å². The van der Waals surface area contributed by atoms with Crippen molar-refractivity contribution >= 4 is 0 Å². The number of phenols is 1. The van der Waals surface area contributed by atoms with Gasteiger partial charge in [-0.05, 0) is 24.5 Å². The topological polar surface area (TPSA) is 29.5 Å². The maximum Gasteiger partial charge on any atom is 0.122 e. The average Bonchev–Trinajstić information content (AvgIpc) is 2.38. The number of aromatic hydroxyl groups is 1. The van der Waals surface area contributed by atoms with Crippen molar-refractivity contribution in [2.75, 3.05) is 6.61 Å². The summed E-state index contributed by atoms with van der Waals surface area (Å²) in [7, 11) is 0. The van der Waals surface area contributed by atoms with Gasteiger partial charge in [0.1, 0.15) is 11.5 Å². The van der Waals surface area contributed by atoms with Crippen LogP contribution in [0, 0.1) is 5.92 Å². The van der Waals surface area contributed by atoms with Crippen LogP contribution in [0.3, 0.4) is 0 Å². The molecule has 2 heteroatoms. The first-order valence-electron chi connectivity index (χ1n) is 7.18. The van der Waals surface area contributed by atoms with Crippen molar-refractivity contribution in [2.45, 2.75) is 52.4 Å². The Balaban J connectivity index is 2.26. The van der Waals surface area contributed by atoms with Crippen molar-refractivity contribution in [3.8, 4) is 11.5 Å². The second-order valence-corrected chi connectivity index (χ2v) is 4.93. The molecule has 0 radical (unpaired) electrons. The number of unbranched alkanes of at least 4 members (excludes halogenated alkanes) is 3. The Bertz CT molecular complexity index is 323. The fourth-order valence-electron chi connectivity index (χ4n) is 2.05. The van der Waals surface area contributed by atoms with E-state index in [2.05, 4.69) is 13.8 Å². The first-order valence-corrected chi connectivity index (χ1v) is 7.18. The highest BCUT2D eigenvalue weighted by Crippen LogP contribution is 2.20. The van der Waals surface area contributed by atoms with Gasteiger partial charge in [-0.2, -0.15) is 0 Å². The predicted octanol–water partition coefficient (Wildman–Crippen LogP) is 4.77. The molecule has 1 N–H and O–H groups in total. The van der Waals surface area contributed by atoms with Gasteiger partial charge in [-0.3, -0.25) is 0 Å². The van der Waals surface area contributed by atoms with Gasteiger partial charge in [-0.15, -0.1) is 0 Å². The van der Waals surface area contributed by atoms with Crippen molar-refractivity contribution < 1.29 is 9.84 Å². The molecule has 0 saturated carbocycles. The van der Waals surface area contributed by atoms with E-state index in [9.17, 15) is 5.11 Å². The molecule has 0 bridgehead atoms. The van der Waals surface area contributed by atoms with Crippen molar-refractivity contribution in [2.24, 2.45) is 5.92 Å². The van der Waals surface area contributed by atoms with Gasteiger partial charge in [0.2, 0.25) is 0 Å². The molecule has 0 aromatic heterocycles. The largest absolute Gasteiger partial charge is 0.508 e. The van der Waals surface area contributed by atoms with Crippen LogP contribution in [-0.4, -0.2) is 11.7 Å². The summed E-state index contributed by atoms with van der Waals surface area (Å²) < 4.78 is 5.74. The zero-order valence-electron chi connectivity index (χ0n) is 11.7. The van der Waals surface area contributed by atoms with Crippen LogP contribution in [0.15, 0.2) is 24.3 Å². The van der Waals surface area contributed by atoms with Crippen LogP contribution in [-0.2, 0) is 0 Å². The van der Waals surface area contributed by atoms with Crippen LogP contribution < -0.4 is 4.74 Å². The summed E-state index contributed by atoms with van der Waals surface area (Å²) in [6.07, 6.45) is 7.66. The van der Waals surface area contributed by atoms with Crippen LogP contribution >= 0.6 is 0 Å². The van der Waals surface area contributed by atoms with Crippen molar-refractivity contribution in [1.29, 1.82) is 0 Å². The number of phenolic OH excluding ortho intramolecular Hbond substituents is 1. The summed E-state index contributed by atoms with van der Waals surface area (Å²) in [5.41, 5.74) is 0. The van der Waals surface area contributed by atoms with Gasteiger partial charge in [-0.25, -0.2) is 0 Å². The Kier molecular flexibility index (Phi) is 7.31. The minimum Gasteiger partial charge on any atom is -0.508 e. The Morgan fingerprint density at radius 2 is 2.00 bits per heavy atom. The molecular weight excluding hydrogens is 224 g/mol. The SMILES string of the molecule is CCCCCCC(CC)COc1cccc(O)c1. The predicted molar refractivity (Wildman–Crippen MR) is 76.1 cm³/mol. The monoisotopic (exact) mass is 250 g/mol. The average molecular weight is 250 g/mol. The Hall–Kier alpha value is -1.18. The summed E-state index contributed by atoms with van der Waals surface area (Å²) in [6, 6.07) is 7.04. The summed E-state index contributed by atoms with van der Waals surface area (Å²) >= 11 is 0. The molecule has 2 nitrogen and oxygen atoms in total. The fraction of sp³-hybridized carbons (Fsp3) is 0.625. The third-order valence-electron chi connectivity index (χ3n) is 3.35. The second kappa shape index (κ2) is 8.84. The minimum atomic E-state index is 0.267. The number of hydrogen-bond donors (Lipinski definition) is 1. The summed E-state index contributed by atoms with van der Waals surface area (Å²) in [5.74, 6) is 1.66. The molecule has 0 aliphatic rings. The van der Waals surface area contributed by atoms with Crippen molar-refractivity contribution in [3.63, 3.8) is 0 Å². The number of benzene rings is 1. The lowest BCUT2D eigenvalue weighted by molar-refractivity contribution is 0.232. The van der Waals surface area contributed by atoms with E-state index in [1.54, 1.807) is 12.1 Å². The highest BCUT2D eigenvalue weighted by molar-refractivity contribution is 5.31. The molecule has 0 heterocycles. The van der Waals surface area contributed by atoms with Gasteiger partial charge in [0.15, 0.2) is 0 Å². The number of rotatable bonds is 9. The highest BCUT2D eigenvalue weighted by atomic mass is 16.5. The van der Waals surface area contributed by atoms with Crippen LogP contribution in [0.5, 0.6) is 11.5 Å². The summed E-state index contributed by atoms with van der Waals surface area (Å²) in [4.78, 5) is 0.